The quantitative estimate of drug-likeness (QED) is 0.836. The molecule has 1 saturated carbocycles. The highest BCUT2D eigenvalue weighted by Crippen LogP contribution is 2.41. The second-order valence-electron chi connectivity index (χ2n) is 4.36. The molecule has 1 fully saturated rings. The number of hydrogen-bond donors (Lipinski definition) is 2. The summed E-state index contributed by atoms with van der Waals surface area (Å²) in [5.41, 5.74) is 7.77. The molecule has 4 nitrogen and oxygen atoms in total. The van der Waals surface area contributed by atoms with Crippen LogP contribution >= 0.6 is 15.9 Å². The first kappa shape index (κ1) is 10.7. The molecule has 0 amide bonds. The summed E-state index contributed by atoms with van der Waals surface area (Å²) in [5.74, 6) is 7.86. The van der Waals surface area contributed by atoms with Crippen LogP contribution < -0.4 is 11.6 Å². The third-order valence-electron chi connectivity index (χ3n) is 3.02. The van der Waals surface area contributed by atoms with E-state index < -0.39 is 0 Å². The van der Waals surface area contributed by atoms with Crippen LogP contribution in [0, 0.1) is 0 Å². The summed E-state index contributed by atoms with van der Waals surface area (Å²) in [6, 6.07) is 7.92. The Morgan fingerprint density at radius 2 is 2.12 bits per heavy atom. The minimum Gasteiger partial charge on any atom is -0.382 e. The van der Waals surface area contributed by atoms with Crippen LogP contribution in [-0.4, -0.2) is 9.66 Å². The Balaban J connectivity index is 2.11. The molecule has 88 valence electrons. The molecule has 4 N–H and O–H groups in total. The van der Waals surface area contributed by atoms with Gasteiger partial charge in [-0.1, -0.05) is 28.1 Å². The molecule has 1 aromatic heterocycles. The minimum atomic E-state index is 0.489. The Bertz CT molecular complexity index is 572. The van der Waals surface area contributed by atoms with E-state index in [0.717, 1.165) is 34.4 Å². The van der Waals surface area contributed by atoms with Gasteiger partial charge in [-0.2, -0.15) is 0 Å². The normalized spacial score (nSPS) is 15.1. The highest BCUT2D eigenvalue weighted by Gasteiger charge is 2.30. The lowest BCUT2D eigenvalue weighted by molar-refractivity contribution is 0.855. The lowest BCUT2D eigenvalue weighted by atomic mass is 10.1. The molecular formula is C12H13BrN4. The average molecular weight is 293 g/mol. The maximum Gasteiger partial charge on any atom is 0.150 e. The largest absolute Gasteiger partial charge is 0.382 e. The van der Waals surface area contributed by atoms with Gasteiger partial charge in [0.25, 0.3) is 0 Å². The van der Waals surface area contributed by atoms with Gasteiger partial charge in [-0.05, 0) is 25.0 Å². The van der Waals surface area contributed by atoms with Gasteiger partial charge in [-0.25, -0.2) is 9.66 Å². The first-order valence-electron chi connectivity index (χ1n) is 5.56. The van der Waals surface area contributed by atoms with E-state index in [0.29, 0.717) is 11.7 Å². The monoisotopic (exact) mass is 292 g/mol. The smallest absolute Gasteiger partial charge is 0.150 e. The number of nitrogens with two attached hydrogens (primary N) is 2. The summed E-state index contributed by atoms with van der Waals surface area (Å²) < 4.78 is 2.53. The molecule has 0 saturated heterocycles. The van der Waals surface area contributed by atoms with Crippen LogP contribution in [-0.2, 0) is 0 Å². The summed E-state index contributed by atoms with van der Waals surface area (Å²) in [7, 11) is 0. The zero-order chi connectivity index (χ0) is 12.0. The van der Waals surface area contributed by atoms with Crippen molar-refractivity contribution < 1.29 is 0 Å². The molecule has 1 heterocycles. The van der Waals surface area contributed by atoms with Crippen molar-refractivity contribution in [3.05, 3.63) is 34.6 Å². The summed E-state index contributed by atoms with van der Waals surface area (Å²) in [6.07, 6.45) is 2.32. The van der Waals surface area contributed by atoms with E-state index in [9.17, 15) is 0 Å². The summed E-state index contributed by atoms with van der Waals surface area (Å²) in [6.45, 7) is 0. The van der Waals surface area contributed by atoms with Gasteiger partial charge in [-0.3, -0.25) is 0 Å². The van der Waals surface area contributed by atoms with Gasteiger partial charge >= 0.3 is 0 Å². The van der Waals surface area contributed by atoms with Crippen LogP contribution in [0.4, 0.5) is 5.82 Å². The van der Waals surface area contributed by atoms with Gasteiger partial charge in [0, 0.05) is 16.0 Å². The average Bonchev–Trinajstić information content (AvgIpc) is 3.09. The van der Waals surface area contributed by atoms with Crippen LogP contribution in [0.2, 0.25) is 0 Å². The molecule has 3 rings (SSSR count). The van der Waals surface area contributed by atoms with Crippen molar-refractivity contribution in [3.63, 3.8) is 0 Å². The molecule has 0 radical (unpaired) electrons. The molecule has 1 aromatic carbocycles. The maximum atomic E-state index is 6.01. The molecule has 17 heavy (non-hydrogen) atoms. The SMILES string of the molecule is Nc1c(-c2cccc(Br)c2)nc(C2CC2)n1N. The molecule has 1 aliphatic rings. The number of nitrogens with zero attached hydrogens (tertiary/aromatic N) is 2. The first-order valence-corrected chi connectivity index (χ1v) is 6.35. The summed E-state index contributed by atoms with van der Waals surface area (Å²) in [4.78, 5) is 4.57. The number of benzene rings is 1. The zero-order valence-electron chi connectivity index (χ0n) is 9.23. The number of rotatable bonds is 2. The van der Waals surface area contributed by atoms with Crippen molar-refractivity contribution in [2.24, 2.45) is 0 Å². The predicted molar refractivity (Wildman–Crippen MR) is 71.9 cm³/mol. The lowest BCUT2D eigenvalue weighted by Gasteiger charge is -2.01. The minimum absolute atomic E-state index is 0.489. The van der Waals surface area contributed by atoms with Crippen molar-refractivity contribution in [1.82, 2.24) is 9.66 Å². The van der Waals surface area contributed by atoms with E-state index >= 15 is 0 Å². The standard InChI is InChI=1S/C12H13BrN4/c13-9-3-1-2-8(6-9)10-11(14)17(15)12(16-10)7-4-5-7/h1-3,6-7H,4-5,14-15H2. The van der Waals surface area contributed by atoms with Crippen molar-refractivity contribution >= 4 is 21.7 Å². The van der Waals surface area contributed by atoms with E-state index in [-0.39, 0.29) is 0 Å². The van der Waals surface area contributed by atoms with Crippen LogP contribution in [0.5, 0.6) is 0 Å². The van der Waals surface area contributed by atoms with Crippen LogP contribution in [0.1, 0.15) is 24.6 Å². The fourth-order valence-corrected chi connectivity index (χ4v) is 2.34. The van der Waals surface area contributed by atoms with Crippen LogP contribution in [0.15, 0.2) is 28.7 Å². The third kappa shape index (κ3) is 1.80. The zero-order valence-corrected chi connectivity index (χ0v) is 10.8. The number of imidazole rings is 1. The molecule has 2 aromatic rings. The maximum absolute atomic E-state index is 6.01. The van der Waals surface area contributed by atoms with E-state index in [1.807, 2.05) is 24.3 Å². The van der Waals surface area contributed by atoms with E-state index in [1.54, 1.807) is 0 Å². The van der Waals surface area contributed by atoms with Gasteiger partial charge in [0.05, 0.1) is 0 Å². The fourth-order valence-electron chi connectivity index (χ4n) is 1.94. The Morgan fingerprint density at radius 1 is 1.35 bits per heavy atom. The Labute approximate surface area is 108 Å². The molecular weight excluding hydrogens is 280 g/mol. The number of anilines is 1. The van der Waals surface area contributed by atoms with Gasteiger partial charge in [0.15, 0.2) is 5.82 Å². The molecule has 5 heteroatoms. The van der Waals surface area contributed by atoms with Crippen molar-refractivity contribution in [1.29, 1.82) is 0 Å². The molecule has 0 aliphatic heterocycles. The van der Waals surface area contributed by atoms with Gasteiger partial charge < -0.3 is 11.6 Å². The van der Waals surface area contributed by atoms with Crippen molar-refractivity contribution in [2.45, 2.75) is 18.8 Å². The van der Waals surface area contributed by atoms with Gasteiger partial charge in [0.2, 0.25) is 0 Å². The lowest BCUT2D eigenvalue weighted by Crippen LogP contribution is -2.14. The highest BCUT2D eigenvalue weighted by molar-refractivity contribution is 9.10. The summed E-state index contributed by atoms with van der Waals surface area (Å²) >= 11 is 3.44. The number of nitrogen functional groups attached to an aromatic ring is 2. The van der Waals surface area contributed by atoms with Crippen molar-refractivity contribution in [3.8, 4) is 11.3 Å². The topological polar surface area (TPSA) is 69.9 Å². The highest BCUT2D eigenvalue weighted by atomic mass is 79.9. The third-order valence-corrected chi connectivity index (χ3v) is 3.51. The van der Waals surface area contributed by atoms with Crippen LogP contribution in [0.25, 0.3) is 11.3 Å². The molecule has 0 spiro atoms. The van der Waals surface area contributed by atoms with Crippen molar-refractivity contribution in [2.75, 3.05) is 11.6 Å². The second kappa shape index (κ2) is 3.77. The molecule has 0 unspecified atom stereocenters. The van der Waals surface area contributed by atoms with Gasteiger partial charge in [0.1, 0.15) is 11.5 Å². The predicted octanol–water partition coefficient (Wildman–Crippen LogP) is 2.49. The van der Waals surface area contributed by atoms with E-state index in [1.165, 1.54) is 4.68 Å². The Hall–Kier alpha value is -1.49. The molecule has 0 atom stereocenters. The van der Waals surface area contributed by atoms with E-state index in [2.05, 4.69) is 20.9 Å². The number of aromatic nitrogens is 2. The second-order valence-corrected chi connectivity index (χ2v) is 5.27. The molecule has 1 aliphatic carbocycles. The summed E-state index contributed by atoms with van der Waals surface area (Å²) in [5, 5.41) is 0. The number of halogens is 1. The van der Waals surface area contributed by atoms with E-state index in [4.69, 9.17) is 11.6 Å². The molecule has 0 bridgehead atoms. The fraction of sp³-hybridized carbons (Fsp3) is 0.250. The van der Waals surface area contributed by atoms with Crippen LogP contribution in [0.3, 0.4) is 0 Å². The van der Waals surface area contributed by atoms with Gasteiger partial charge in [-0.15, -0.1) is 0 Å². The Morgan fingerprint density at radius 3 is 2.76 bits per heavy atom. The first-order chi connectivity index (χ1) is 8.16. The number of hydrogen-bond acceptors (Lipinski definition) is 3. The Kier molecular flexibility index (Phi) is 2.36.